The average molecular weight is 361 g/mol. The minimum atomic E-state index is -0.0582. The molecule has 0 bridgehead atoms. The molecule has 1 aliphatic carbocycles. The minimum absolute atomic E-state index is 0.0582. The summed E-state index contributed by atoms with van der Waals surface area (Å²) in [4.78, 5) is 15.9. The Hall–Kier alpha value is -2.08. The van der Waals surface area contributed by atoms with Crippen molar-refractivity contribution in [2.45, 2.75) is 44.6 Å². The number of benzene rings is 1. The number of ether oxygens (including phenoxy) is 1. The van der Waals surface area contributed by atoms with E-state index in [1.165, 1.54) is 25.7 Å². The molecule has 6 nitrogen and oxygen atoms in total. The summed E-state index contributed by atoms with van der Waals surface area (Å²) in [6.07, 6.45) is 7.35. The van der Waals surface area contributed by atoms with Gasteiger partial charge in [0.15, 0.2) is 5.96 Å². The van der Waals surface area contributed by atoms with Crippen molar-refractivity contribution in [2.24, 2.45) is 4.99 Å². The van der Waals surface area contributed by atoms with Gasteiger partial charge >= 0.3 is 0 Å². The van der Waals surface area contributed by atoms with Gasteiger partial charge in [0.2, 0.25) is 0 Å². The molecule has 0 spiro atoms. The first-order chi connectivity index (χ1) is 12.7. The fourth-order valence-corrected chi connectivity index (χ4v) is 3.14. The molecular weight excluding hydrogens is 328 g/mol. The lowest BCUT2D eigenvalue weighted by molar-refractivity contribution is 0.0574. The molecule has 0 radical (unpaired) electrons. The summed E-state index contributed by atoms with van der Waals surface area (Å²) in [5, 5.41) is 9.27. The zero-order chi connectivity index (χ0) is 18.6. The van der Waals surface area contributed by atoms with E-state index in [2.05, 4.69) is 20.9 Å². The maximum absolute atomic E-state index is 11.7. The monoisotopic (exact) mass is 360 g/mol. The van der Waals surface area contributed by atoms with Gasteiger partial charge in [-0.15, -0.1) is 0 Å². The van der Waals surface area contributed by atoms with Crippen LogP contribution in [0.25, 0.3) is 0 Å². The zero-order valence-corrected chi connectivity index (χ0v) is 16.0. The number of carbonyl (C=O) groups excluding carboxylic acids is 1. The number of nitrogens with one attached hydrogen (secondary N) is 3. The van der Waals surface area contributed by atoms with Crippen molar-refractivity contribution in [3.05, 3.63) is 35.4 Å². The SMILES string of the molecule is CN=C(NCCCOC1CCCC1)NCCc1cccc(C(=O)NC)c1. The minimum Gasteiger partial charge on any atom is -0.378 e. The molecule has 144 valence electrons. The van der Waals surface area contributed by atoms with Crippen molar-refractivity contribution in [3.63, 3.8) is 0 Å². The van der Waals surface area contributed by atoms with Crippen LogP contribution in [-0.2, 0) is 11.2 Å². The smallest absolute Gasteiger partial charge is 0.251 e. The standard InChI is InChI=1S/C20H32N4O2/c1-21-19(25)17-8-5-7-16(15-17)11-13-24-20(22-2)23-12-6-14-26-18-9-3-4-10-18/h5,7-8,15,18H,3-4,6,9-14H2,1-2H3,(H,21,25)(H2,22,23,24). The highest BCUT2D eigenvalue weighted by molar-refractivity contribution is 5.94. The molecule has 1 aromatic rings. The first-order valence-electron chi connectivity index (χ1n) is 9.60. The van der Waals surface area contributed by atoms with Crippen molar-refractivity contribution < 1.29 is 9.53 Å². The van der Waals surface area contributed by atoms with Crippen LogP contribution in [0.5, 0.6) is 0 Å². The third-order valence-corrected chi connectivity index (χ3v) is 4.62. The molecule has 1 amide bonds. The molecule has 0 atom stereocenters. The second kappa shape index (κ2) is 11.5. The molecule has 0 aliphatic heterocycles. The van der Waals surface area contributed by atoms with Crippen molar-refractivity contribution in [1.29, 1.82) is 0 Å². The number of amides is 1. The summed E-state index contributed by atoms with van der Waals surface area (Å²) >= 11 is 0. The highest BCUT2D eigenvalue weighted by atomic mass is 16.5. The van der Waals surface area contributed by atoms with Gasteiger partial charge in [0, 0.05) is 39.4 Å². The second-order valence-corrected chi connectivity index (χ2v) is 6.59. The molecule has 1 fully saturated rings. The highest BCUT2D eigenvalue weighted by Crippen LogP contribution is 2.20. The van der Waals surface area contributed by atoms with E-state index in [4.69, 9.17) is 4.74 Å². The van der Waals surface area contributed by atoms with Crippen LogP contribution in [0.3, 0.4) is 0 Å². The molecular formula is C20H32N4O2. The molecule has 0 heterocycles. The van der Waals surface area contributed by atoms with Crippen LogP contribution >= 0.6 is 0 Å². The molecule has 1 aliphatic rings. The van der Waals surface area contributed by atoms with E-state index >= 15 is 0 Å². The number of aliphatic imine (C=N–C) groups is 1. The Kier molecular flexibility index (Phi) is 8.96. The molecule has 0 aromatic heterocycles. The van der Waals surface area contributed by atoms with E-state index in [0.29, 0.717) is 11.7 Å². The zero-order valence-electron chi connectivity index (χ0n) is 16.0. The summed E-state index contributed by atoms with van der Waals surface area (Å²) in [6, 6.07) is 7.70. The number of hydrogen-bond acceptors (Lipinski definition) is 3. The Labute approximate surface area is 156 Å². The number of guanidine groups is 1. The molecule has 0 saturated heterocycles. The quantitative estimate of drug-likeness (QED) is 0.358. The number of hydrogen-bond donors (Lipinski definition) is 3. The second-order valence-electron chi connectivity index (χ2n) is 6.59. The van der Waals surface area contributed by atoms with E-state index < -0.39 is 0 Å². The van der Waals surface area contributed by atoms with Gasteiger partial charge in [-0.05, 0) is 43.4 Å². The van der Waals surface area contributed by atoms with Crippen LogP contribution in [-0.4, -0.2) is 51.8 Å². The number of rotatable bonds is 9. The third-order valence-electron chi connectivity index (χ3n) is 4.62. The number of nitrogens with zero attached hydrogens (tertiary/aromatic N) is 1. The topological polar surface area (TPSA) is 74.8 Å². The fourth-order valence-electron chi connectivity index (χ4n) is 3.14. The summed E-state index contributed by atoms with van der Waals surface area (Å²) in [5.41, 5.74) is 1.81. The van der Waals surface area contributed by atoms with Crippen molar-refractivity contribution >= 4 is 11.9 Å². The van der Waals surface area contributed by atoms with Gasteiger partial charge in [-0.2, -0.15) is 0 Å². The van der Waals surface area contributed by atoms with Gasteiger partial charge in [-0.3, -0.25) is 9.79 Å². The predicted octanol–water partition coefficient (Wildman–Crippen LogP) is 2.10. The fraction of sp³-hybridized carbons (Fsp3) is 0.600. The first-order valence-corrected chi connectivity index (χ1v) is 9.60. The van der Waals surface area contributed by atoms with Gasteiger partial charge in [-0.1, -0.05) is 25.0 Å². The lowest BCUT2D eigenvalue weighted by Crippen LogP contribution is -2.39. The Morgan fingerprint density at radius 1 is 1.23 bits per heavy atom. The molecule has 0 unspecified atom stereocenters. The van der Waals surface area contributed by atoms with Crippen LogP contribution in [0.2, 0.25) is 0 Å². The predicted molar refractivity (Wildman–Crippen MR) is 106 cm³/mol. The van der Waals surface area contributed by atoms with Gasteiger partial charge in [0.05, 0.1) is 6.10 Å². The van der Waals surface area contributed by atoms with Crippen LogP contribution in [0.4, 0.5) is 0 Å². The third kappa shape index (κ3) is 7.04. The Balaban J connectivity index is 1.61. The normalized spacial score (nSPS) is 15.1. The van der Waals surface area contributed by atoms with Gasteiger partial charge in [0.25, 0.3) is 5.91 Å². The van der Waals surface area contributed by atoms with Crippen LogP contribution in [0, 0.1) is 0 Å². The van der Waals surface area contributed by atoms with E-state index in [1.54, 1.807) is 14.1 Å². The van der Waals surface area contributed by atoms with E-state index in [0.717, 1.165) is 44.1 Å². The summed E-state index contributed by atoms with van der Waals surface area (Å²) in [6.45, 7) is 2.41. The van der Waals surface area contributed by atoms with Gasteiger partial charge in [-0.25, -0.2) is 0 Å². The van der Waals surface area contributed by atoms with Crippen molar-refractivity contribution in [2.75, 3.05) is 33.8 Å². The molecule has 26 heavy (non-hydrogen) atoms. The number of carbonyl (C=O) groups is 1. The Bertz CT molecular complexity index is 583. The Morgan fingerprint density at radius 3 is 2.73 bits per heavy atom. The molecule has 3 N–H and O–H groups in total. The summed E-state index contributed by atoms with van der Waals surface area (Å²) in [7, 11) is 3.42. The van der Waals surface area contributed by atoms with Gasteiger partial charge in [0.1, 0.15) is 0 Å². The van der Waals surface area contributed by atoms with E-state index in [9.17, 15) is 4.79 Å². The maximum Gasteiger partial charge on any atom is 0.251 e. The first kappa shape index (κ1) is 20.2. The van der Waals surface area contributed by atoms with Crippen molar-refractivity contribution in [3.8, 4) is 0 Å². The molecule has 6 heteroatoms. The van der Waals surface area contributed by atoms with Crippen LogP contribution in [0.15, 0.2) is 29.3 Å². The lowest BCUT2D eigenvalue weighted by atomic mass is 10.1. The lowest BCUT2D eigenvalue weighted by Gasteiger charge is -2.14. The largest absolute Gasteiger partial charge is 0.378 e. The van der Waals surface area contributed by atoms with E-state index in [-0.39, 0.29) is 5.91 Å². The molecule has 2 rings (SSSR count). The summed E-state index contributed by atoms with van der Waals surface area (Å²) in [5.74, 6) is 0.741. The Morgan fingerprint density at radius 2 is 2.00 bits per heavy atom. The molecule has 1 aromatic carbocycles. The summed E-state index contributed by atoms with van der Waals surface area (Å²) < 4.78 is 5.86. The van der Waals surface area contributed by atoms with Crippen LogP contribution < -0.4 is 16.0 Å². The van der Waals surface area contributed by atoms with Crippen molar-refractivity contribution in [1.82, 2.24) is 16.0 Å². The maximum atomic E-state index is 11.7. The highest BCUT2D eigenvalue weighted by Gasteiger charge is 2.14. The molecule has 1 saturated carbocycles. The van der Waals surface area contributed by atoms with Gasteiger partial charge < -0.3 is 20.7 Å². The van der Waals surface area contributed by atoms with Crippen LogP contribution in [0.1, 0.15) is 48.0 Å². The van der Waals surface area contributed by atoms with E-state index in [1.807, 2.05) is 24.3 Å². The average Bonchev–Trinajstić information content (AvgIpc) is 3.19.